The molecule has 3 rings (SSSR count). The topological polar surface area (TPSA) is 143 Å². The zero-order valence-electron chi connectivity index (χ0n) is 28.6. The molecule has 1 aliphatic heterocycles. The maximum atomic E-state index is 12.5. The van der Waals surface area contributed by atoms with Crippen molar-refractivity contribution in [1.29, 1.82) is 0 Å². The lowest BCUT2D eigenvalue weighted by molar-refractivity contribution is -0.121. The number of anilines is 1. The summed E-state index contributed by atoms with van der Waals surface area (Å²) in [7, 11) is 5.65. The summed E-state index contributed by atoms with van der Waals surface area (Å²) in [4.78, 5) is 35.6. The predicted molar refractivity (Wildman–Crippen MR) is 196 cm³/mol. The minimum Gasteiger partial charge on any atom is -0.398 e. The number of likely N-dealkylation sites (N-methyl/N-ethyl adjacent to an activating group) is 1. The van der Waals surface area contributed by atoms with Crippen LogP contribution < -0.4 is 27.4 Å². The summed E-state index contributed by atoms with van der Waals surface area (Å²) in [5.74, 6) is 0.495. The Balaban J connectivity index is 0.000000977. The summed E-state index contributed by atoms with van der Waals surface area (Å²) >= 11 is 1.56. The molecule has 2 amide bonds. The minimum absolute atomic E-state index is 0.0480. The first-order chi connectivity index (χ1) is 22.0. The highest BCUT2D eigenvalue weighted by Crippen LogP contribution is 2.34. The van der Waals surface area contributed by atoms with Gasteiger partial charge in [-0.25, -0.2) is 0 Å². The van der Waals surface area contributed by atoms with Gasteiger partial charge < -0.3 is 27.4 Å². The number of amides is 2. The van der Waals surface area contributed by atoms with E-state index in [9.17, 15) is 9.59 Å². The van der Waals surface area contributed by atoms with Crippen molar-refractivity contribution in [2.45, 2.75) is 69.2 Å². The van der Waals surface area contributed by atoms with Crippen molar-refractivity contribution in [3.63, 3.8) is 0 Å². The van der Waals surface area contributed by atoms with E-state index >= 15 is 0 Å². The molecule has 46 heavy (non-hydrogen) atoms. The summed E-state index contributed by atoms with van der Waals surface area (Å²) < 4.78 is 0. The Morgan fingerprint density at radius 2 is 1.61 bits per heavy atom. The number of nitrogens with zero attached hydrogens (tertiary/aromatic N) is 1. The fourth-order valence-electron chi connectivity index (χ4n) is 4.52. The third-order valence-electron chi connectivity index (χ3n) is 6.77. The molecule has 1 aliphatic rings. The van der Waals surface area contributed by atoms with Crippen LogP contribution >= 0.6 is 11.8 Å². The SMILES string of the molecule is C=C(C=O)CN1CCCCC1.C=C(CCC(=O)NC(CNC)Cc1ccccc1)Sc1cc(C(C)C)ccc1N.CNC.NC=O. The van der Waals surface area contributed by atoms with Crippen LogP contribution in [0.4, 0.5) is 5.69 Å². The van der Waals surface area contributed by atoms with Crippen molar-refractivity contribution in [2.75, 3.05) is 53.1 Å². The second-order valence-corrected chi connectivity index (χ2v) is 12.6. The molecular weight excluding hydrogens is 597 g/mol. The van der Waals surface area contributed by atoms with Crippen LogP contribution in [0.5, 0.6) is 0 Å². The Morgan fingerprint density at radius 3 is 2.15 bits per heavy atom. The average molecular weight is 655 g/mol. The van der Waals surface area contributed by atoms with E-state index in [1.807, 2.05) is 45.4 Å². The van der Waals surface area contributed by atoms with Crippen LogP contribution in [-0.2, 0) is 20.8 Å². The molecule has 2 aromatic rings. The first-order valence-corrected chi connectivity index (χ1v) is 16.7. The van der Waals surface area contributed by atoms with E-state index in [0.717, 1.165) is 54.4 Å². The van der Waals surface area contributed by atoms with Crippen LogP contribution in [0.15, 0.2) is 77.1 Å². The molecule has 0 saturated carbocycles. The largest absolute Gasteiger partial charge is 0.398 e. The molecular formula is C36H58N6O3S. The number of carbonyl (C=O) groups excluding carboxylic acids is 3. The molecule has 10 heteroatoms. The molecule has 7 N–H and O–H groups in total. The molecule has 1 saturated heterocycles. The number of nitrogens with one attached hydrogen (secondary N) is 3. The van der Waals surface area contributed by atoms with Gasteiger partial charge in [0.2, 0.25) is 12.3 Å². The van der Waals surface area contributed by atoms with Crippen LogP contribution in [-0.4, -0.2) is 76.9 Å². The van der Waals surface area contributed by atoms with Gasteiger partial charge in [0, 0.05) is 36.1 Å². The monoisotopic (exact) mass is 654 g/mol. The van der Waals surface area contributed by atoms with Crippen molar-refractivity contribution >= 4 is 36.1 Å². The zero-order valence-corrected chi connectivity index (χ0v) is 29.5. The molecule has 1 heterocycles. The Hall–Kier alpha value is -3.44. The van der Waals surface area contributed by atoms with Gasteiger partial charge in [-0.2, -0.15) is 0 Å². The number of nitrogens with two attached hydrogens (primary N) is 2. The lowest BCUT2D eigenvalue weighted by Crippen LogP contribution is -2.42. The van der Waals surface area contributed by atoms with Crippen LogP contribution in [0.25, 0.3) is 0 Å². The van der Waals surface area contributed by atoms with E-state index in [4.69, 9.17) is 10.5 Å². The lowest BCUT2D eigenvalue weighted by atomic mass is 10.0. The molecule has 1 unspecified atom stereocenters. The summed E-state index contributed by atoms with van der Waals surface area (Å²) in [6.07, 6.45) is 6.84. The maximum Gasteiger partial charge on any atom is 0.220 e. The molecule has 1 atom stereocenters. The van der Waals surface area contributed by atoms with Gasteiger partial charge >= 0.3 is 0 Å². The first kappa shape index (κ1) is 42.6. The van der Waals surface area contributed by atoms with E-state index in [-0.39, 0.29) is 18.4 Å². The van der Waals surface area contributed by atoms with E-state index < -0.39 is 0 Å². The summed E-state index contributed by atoms with van der Waals surface area (Å²) in [5, 5.41) is 9.06. The number of aldehydes is 1. The van der Waals surface area contributed by atoms with E-state index in [1.54, 1.807) is 11.8 Å². The van der Waals surface area contributed by atoms with Crippen molar-refractivity contribution in [1.82, 2.24) is 20.9 Å². The van der Waals surface area contributed by atoms with E-state index in [2.05, 4.69) is 77.9 Å². The highest BCUT2D eigenvalue weighted by Gasteiger charge is 2.14. The van der Waals surface area contributed by atoms with Crippen molar-refractivity contribution in [3.8, 4) is 0 Å². The number of likely N-dealkylation sites (tertiary alicyclic amines) is 1. The molecule has 2 aromatic carbocycles. The zero-order chi connectivity index (χ0) is 34.7. The number of carbonyl (C=O) groups is 3. The van der Waals surface area contributed by atoms with Gasteiger partial charge in [-0.05, 0) is 99.6 Å². The number of allylic oxidation sites excluding steroid dienone is 1. The average Bonchev–Trinajstić information content (AvgIpc) is 3.03. The number of thioether (sulfide) groups is 1. The molecule has 0 spiro atoms. The molecule has 0 radical (unpaired) electrons. The molecule has 0 aromatic heterocycles. The van der Waals surface area contributed by atoms with E-state index in [1.165, 1.54) is 30.4 Å². The van der Waals surface area contributed by atoms with Crippen molar-refractivity contribution in [3.05, 3.63) is 83.3 Å². The van der Waals surface area contributed by atoms with Gasteiger partial charge in [-0.3, -0.25) is 19.3 Å². The molecule has 9 nitrogen and oxygen atoms in total. The van der Waals surface area contributed by atoms with Crippen molar-refractivity contribution < 1.29 is 14.4 Å². The van der Waals surface area contributed by atoms with Crippen LogP contribution in [0, 0.1) is 0 Å². The Bertz CT molecular complexity index is 1150. The number of benzene rings is 2. The van der Waals surface area contributed by atoms with Gasteiger partial charge in [0.25, 0.3) is 0 Å². The van der Waals surface area contributed by atoms with Crippen LogP contribution in [0.1, 0.15) is 63.0 Å². The first-order valence-electron chi connectivity index (χ1n) is 15.9. The third-order valence-corrected chi connectivity index (χ3v) is 7.84. The number of hydrogen-bond acceptors (Lipinski definition) is 8. The number of hydrogen-bond donors (Lipinski definition) is 5. The summed E-state index contributed by atoms with van der Waals surface area (Å²) in [6.45, 7) is 15.9. The minimum atomic E-state index is 0.0480. The predicted octanol–water partition coefficient (Wildman–Crippen LogP) is 4.89. The number of rotatable bonds is 14. The Morgan fingerprint density at radius 1 is 1.00 bits per heavy atom. The smallest absolute Gasteiger partial charge is 0.220 e. The summed E-state index contributed by atoms with van der Waals surface area (Å²) in [6, 6.07) is 16.4. The fourth-order valence-corrected chi connectivity index (χ4v) is 5.42. The normalized spacial score (nSPS) is 12.9. The lowest BCUT2D eigenvalue weighted by Gasteiger charge is -2.25. The Kier molecular flexibility index (Phi) is 24.7. The van der Waals surface area contributed by atoms with Gasteiger partial charge in [-0.1, -0.05) is 81.6 Å². The van der Waals surface area contributed by atoms with Gasteiger partial charge in [-0.15, -0.1) is 0 Å². The van der Waals surface area contributed by atoms with Crippen LogP contribution in [0.3, 0.4) is 0 Å². The number of nitrogen functional groups attached to an aromatic ring is 1. The molecule has 1 fully saturated rings. The number of primary amides is 1. The molecule has 0 bridgehead atoms. The fraction of sp³-hybridized carbons (Fsp3) is 0.472. The highest BCUT2D eigenvalue weighted by molar-refractivity contribution is 8.03. The molecule has 0 aliphatic carbocycles. The second-order valence-electron chi connectivity index (χ2n) is 11.4. The summed E-state index contributed by atoms with van der Waals surface area (Å²) in [5.41, 5.74) is 14.2. The van der Waals surface area contributed by atoms with Crippen LogP contribution in [0.2, 0.25) is 0 Å². The Labute approximate surface area is 282 Å². The molecule has 256 valence electrons. The quantitative estimate of drug-likeness (QED) is 0.0839. The standard InChI is InChI=1S/C24H33N3OS.C9H15NO.C2H7N.CH3NO/c1-17(2)20-11-12-22(25)23(15-20)29-18(3)10-13-24(28)27-21(16-26-4)14-19-8-6-5-7-9-19;1-9(8-11)7-10-5-3-2-4-6-10;1-3-2;2-1-3/h5-9,11-12,15,17,21,26H,3,10,13-14,16,25H2,1-2,4H3,(H,27,28);8H,1-7H2;3H,1-2H3;1H,(H2,2,3). The van der Waals surface area contributed by atoms with Gasteiger partial charge in [0.05, 0.1) is 0 Å². The maximum absolute atomic E-state index is 12.5. The van der Waals surface area contributed by atoms with E-state index in [0.29, 0.717) is 24.3 Å². The van der Waals surface area contributed by atoms with Gasteiger partial charge in [0.1, 0.15) is 6.29 Å². The second kappa shape index (κ2) is 26.7. The van der Waals surface area contributed by atoms with Crippen molar-refractivity contribution in [2.24, 2.45) is 5.73 Å². The third kappa shape index (κ3) is 20.6. The van der Waals surface area contributed by atoms with Gasteiger partial charge in [0.15, 0.2) is 0 Å². The number of piperidine rings is 1. The highest BCUT2D eigenvalue weighted by atomic mass is 32.2.